The topological polar surface area (TPSA) is 53.9 Å². The minimum Gasteiger partial charge on any atom is -0.379 e. The van der Waals surface area contributed by atoms with Crippen molar-refractivity contribution in [2.45, 2.75) is 25.8 Å². The third kappa shape index (κ3) is 3.72. The molecule has 0 bridgehead atoms. The highest BCUT2D eigenvalue weighted by Gasteiger charge is 2.30. The van der Waals surface area contributed by atoms with E-state index in [-0.39, 0.29) is 17.9 Å². The summed E-state index contributed by atoms with van der Waals surface area (Å²) >= 11 is 0. The summed E-state index contributed by atoms with van der Waals surface area (Å²) in [6.45, 7) is 5.22. The van der Waals surface area contributed by atoms with E-state index in [1.54, 1.807) is 0 Å². The minimum atomic E-state index is 0.0492. The molecule has 118 valence electrons. The Morgan fingerprint density at radius 1 is 1.27 bits per heavy atom. The fourth-order valence-corrected chi connectivity index (χ4v) is 2.83. The lowest BCUT2D eigenvalue weighted by Crippen LogP contribution is -2.42. The molecule has 3 rings (SSSR count). The lowest BCUT2D eigenvalue weighted by atomic mass is 10.0. The molecule has 1 heterocycles. The van der Waals surface area contributed by atoms with Gasteiger partial charge in [-0.05, 0) is 25.3 Å². The molecule has 1 amide bonds. The van der Waals surface area contributed by atoms with Crippen LogP contribution in [0.15, 0.2) is 35.4 Å². The number of carbonyl (C=O) groups excluding carboxylic acids is 1. The van der Waals surface area contributed by atoms with Gasteiger partial charge in [0.25, 0.3) is 0 Å². The Hall–Kier alpha value is -1.72. The van der Waals surface area contributed by atoms with Gasteiger partial charge in [0, 0.05) is 19.0 Å². The molecule has 1 N–H and O–H groups in total. The number of amides is 1. The maximum absolute atomic E-state index is 11.8. The fraction of sp³-hybridized carbons (Fsp3) is 0.529. The standard InChI is InChI=1S/C17H23N3O2/c1-13(18-19-17(21)15-7-8-15)16(14-5-3-2-4-6-14)20-9-11-22-12-10-20/h2-6,15-16H,7-12H2,1H3,(H,19,21)/t16-/m1/s1. The molecule has 0 radical (unpaired) electrons. The SMILES string of the molecule is CC(=NNC(=O)C1CC1)[C@H](c1ccccc1)N1CCOCC1. The van der Waals surface area contributed by atoms with Gasteiger partial charge in [-0.3, -0.25) is 9.69 Å². The highest BCUT2D eigenvalue weighted by atomic mass is 16.5. The quantitative estimate of drug-likeness (QED) is 0.668. The van der Waals surface area contributed by atoms with E-state index in [1.165, 1.54) is 5.56 Å². The second kappa shape index (κ2) is 7.03. The first-order valence-corrected chi connectivity index (χ1v) is 7.96. The van der Waals surface area contributed by atoms with Crippen LogP contribution >= 0.6 is 0 Å². The van der Waals surface area contributed by atoms with Crippen LogP contribution in [0.5, 0.6) is 0 Å². The van der Waals surface area contributed by atoms with Gasteiger partial charge in [-0.2, -0.15) is 5.10 Å². The molecule has 22 heavy (non-hydrogen) atoms. The zero-order valence-corrected chi connectivity index (χ0v) is 13.0. The molecule has 1 aliphatic carbocycles. The van der Waals surface area contributed by atoms with Crippen LogP contribution in [-0.2, 0) is 9.53 Å². The van der Waals surface area contributed by atoms with Crippen molar-refractivity contribution < 1.29 is 9.53 Å². The van der Waals surface area contributed by atoms with E-state index in [9.17, 15) is 4.79 Å². The average molecular weight is 301 g/mol. The van der Waals surface area contributed by atoms with Gasteiger partial charge in [0.15, 0.2) is 0 Å². The molecule has 1 aromatic carbocycles. The smallest absolute Gasteiger partial charge is 0.243 e. The van der Waals surface area contributed by atoms with E-state index < -0.39 is 0 Å². The van der Waals surface area contributed by atoms with Crippen LogP contribution in [0.25, 0.3) is 0 Å². The van der Waals surface area contributed by atoms with Crippen molar-refractivity contribution in [3.05, 3.63) is 35.9 Å². The lowest BCUT2D eigenvalue weighted by Gasteiger charge is -2.34. The first kappa shape index (κ1) is 15.2. The summed E-state index contributed by atoms with van der Waals surface area (Å²) in [7, 11) is 0. The number of hydrogen-bond acceptors (Lipinski definition) is 4. The van der Waals surface area contributed by atoms with Crippen LogP contribution in [-0.4, -0.2) is 42.8 Å². The summed E-state index contributed by atoms with van der Waals surface area (Å²) in [5.74, 6) is 0.225. The van der Waals surface area contributed by atoms with Gasteiger partial charge in [-0.1, -0.05) is 30.3 Å². The number of ether oxygens (including phenoxy) is 1. The summed E-state index contributed by atoms with van der Waals surface area (Å²) in [5, 5.41) is 4.37. The van der Waals surface area contributed by atoms with Crippen molar-refractivity contribution in [2.24, 2.45) is 11.0 Å². The van der Waals surface area contributed by atoms with Crippen LogP contribution in [0.4, 0.5) is 0 Å². The molecule has 2 fully saturated rings. The van der Waals surface area contributed by atoms with Crippen molar-refractivity contribution in [3.8, 4) is 0 Å². The fourth-order valence-electron chi connectivity index (χ4n) is 2.83. The predicted molar refractivity (Wildman–Crippen MR) is 85.6 cm³/mol. The number of hydrogen-bond donors (Lipinski definition) is 1. The highest BCUT2D eigenvalue weighted by molar-refractivity contribution is 5.90. The highest BCUT2D eigenvalue weighted by Crippen LogP contribution is 2.29. The Labute approximate surface area is 131 Å². The molecule has 0 spiro atoms. The molecule has 1 saturated carbocycles. The second-order valence-electron chi connectivity index (χ2n) is 5.97. The van der Waals surface area contributed by atoms with E-state index in [0.29, 0.717) is 0 Å². The number of carbonyl (C=O) groups is 1. The summed E-state index contributed by atoms with van der Waals surface area (Å²) in [6, 6.07) is 10.4. The van der Waals surface area contributed by atoms with E-state index in [1.807, 2.05) is 25.1 Å². The summed E-state index contributed by atoms with van der Waals surface area (Å²) in [6.07, 6.45) is 1.98. The first-order valence-electron chi connectivity index (χ1n) is 7.96. The van der Waals surface area contributed by atoms with E-state index >= 15 is 0 Å². The molecule has 1 atom stereocenters. The molecule has 5 heteroatoms. The number of rotatable bonds is 5. The summed E-state index contributed by atoms with van der Waals surface area (Å²) in [5.41, 5.74) is 4.84. The van der Waals surface area contributed by atoms with Gasteiger partial charge in [0.2, 0.25) is 5.91 Å². The first-order chi connectivity index (χ1) is 10.8. The molecular formula is C17H23N3O2. The average Bonchev–Trinajstić information content (AvgIpc) is 3.40. The van der Waals surface area contributed by atoms with Crippen LogP contribution in [0.2, 0.25) is 0 Å². The molecule has 5 nitrogen and oxygen atoms in total. The summed E-state index contributed by atoms with van der Waals surface area (Å²) in [4.78, 5) is 14.2. The van der Waals surface area contributed by atoms with Crippen molar-refractivity contribution in [1.82, 2.24) is 10.3 Å². The zero-order chi connectivity index (χ0) is 15.4. The van der Waals surface area contributed by atoms with Gasteiger partial charge in [-0.15, -0.1) is 0 Å². The third-order valence-corrected chi connectivity index (χ3v) is 4.21. The second-order valence-corrected chi connectivity index (χ2v) is 5.97. The van der Waals surface area contributed by atoms with E-state index in [4.69, 9.17) is 4.74 Å². The van der Waals surface area contributed by atoms with E-state index in [0.717, 1.165) is 44.9 Å². The predicted octanol–water partition coefficient (Wildman–Crippen LogP) is 1.96. The van der Waals surface area contributed by atoms with Crippen molar-refractivity contribution >= 4 is 11.6 Å². The zero-order valence-electron chi connectivity index (χ0n) is 13.0. The molecule has 1 aromatic rings. The third-order valence-electron chi connectivity index (χ3n) is 4.21. The molecule has 0 aromatic heterocycles. The number of hydrazone groups is 1. The van der Waals surface area contributed by atoms with Gasteiger partial charge in [0.05, 0.1) is 25.0 Å². The van der Waals surface area contributed by atoms with Crippen molar-refractivity contribution in [2.75, 3.05) is 26.3 Å². The summed E-state index contributed by atoms with van der Waals surface area (Å²) < 4.78 is 5.45. The van der Waals surface area contributed by atoms with Gasteiger partial charge < -0.3 is 4.74 Å². The minimum absolute atomic E-state index is 0.0492. The Bertz CT molecular complexity index is 534. The monoisotopic (exact) mass is 301 g/mol. The Morgan fingerprint density at radius 2 is 1.95 bits per heavy atom. The number of nitrogens with one attached hydrogen (secondary N) is 1. The van der Waals surface area contributed by atoms with Gasteiger partial charge >= 0.3 is 0 Å². The van der Waals surface area contributed by atoms with Crippen molar-refractivity contribution in [3.63, 3.8) is 0 Å². The Morgan fingerprint density at radius 3 is 2.59 bits per heavy atom. The number of nitrogens with zero attached hydrogens (tertiary/aromatic N) is 2. The number of morpholine rings is 1. The number of benzene rings is 1. The Kier molecular flexibility index (Phi) is 4.85. The maximum Gasteiger partial charge on any atom is 0.243 e. The van der Waals surface area contributed by atoms with Crippen LogP contribution in [0.3, 0.4) is 0 Å². The Balaban J connectivity index is 1.77. The van der Waals surface area contributed by atoms with Crippen LogP contribution < -0.4 is 5.43 Å². The van der Waals surface area contributed by atoms with Crippen LogP contribution in [0.1, 0.15) is 31.4 Å². The molecule has 0 unspecified atom stereocenters. The normalized spacial score (nSPS) is 21.4. The van der Waals surface area contributed by atoms with Crippen LogP contribution in [0, 0.1) is 5.92 Å². The molecule has 1 saturated heterocycles. The van der Waals surface area contributed by atoms with Crippen molar-refractivity contribution in [1.29, 1.82) is 0 Å². The lowest BCUT2D eigenvalue weighted by molar-refractivity contribution is -0.122. The maximum atomic E-state index is 11.8. The van der Waals surface area contributed by atoms with Gasteiger partial charge in [-0.25, -0.2) is 5.43 Å². The molecular weight excluding hydrogens is 278 g/mol. The molecule has 1 aliphatic heterocycles. The van der Waals surface area contributed by atoms with Gasteiger partial charge in [0.1, 0.15) is 0 Å². The van der Waals surface area contributed by atoms with E-state index in [2.05, 4.69) is 27.6 Å². The largest absolute Gasteiger partial charge is 0.379 e. The molecule has 2 aliphatic rings.